The standard InChI is InChI=1S/C12H29N3/c1-7-13-10-12(2,3)11-15(6)9-8-14(4)5/h13H,7-11H2,1-6H3. The van der Waals surface area contributed by atoms with E-state index in [9.17, 15) is 0 Å². The average Bonchev–Trinajstić information content (AvgIpc) is 2.11. The van der Waals surface area contributed by atoms with Crippen molar-refractivity contribution in [2.45, 2.75) is 20.8 Å². The molecule has 15 heavy (non-hydrogen) atoms. The van der Waals surface area contributed by atoms with Crippen molar-refractivity contribution in [3.05, 3.63) is 0 Å². The highest BCUT2D eigenvalue weighted by Crippen LogP contribution is 2.14. The van der Waals surface area contributed by atoms with Gasteiger partial charge >= 0.3 is 0 Å². The van der Waals surface area contributed by atoms with Crippen LogP contribution < -0.4 is 5.32 Å². The van der Waals surface area contributed by atoms with Crippen LogP contribution in [0.1, 0.15) is 20.8 Å². The third-order valence-electron chi connectivity index (χ3n) is 2.48. The number of nitrogens with zero attached hydrogens (tertiary/aromatic N) is 2. The summed E-state index contributed by atoms with van der Waals surface area (Å²) in [7, 11) is 6.45. The number of hydrogen-bond acceptors (Lipinski definition) is 3. The molecule has 3 nitrogen and oxygen atoms in total. The Kier molecular flexibility index (Phi) is 7.14. The number of hydrogen-bond donors (Lipinski definition) is 1. The van der Waals surface area contributed by atoms with Crippen LogP contribution in [0.15, 0.2) is 0 Å². The normalized spacial score (nSPS) is 12.8. The highest BCUT2D eigenvalue weighted by atomic mass is 15.2. The van der Waals surface area contributed by atoms with E-state index in [1.54, 1.807) is 0 Å². The lowest BCUT2D eigenvalue weighted by Crippen LogP contribution is -2.40. The molecule has 0 saturated heterocycles. The van der Waals surface area contributed by atoms with Crippen molar-refractivity contribution >= 4 is 0 Å². The molecule has 0 unspecified atom stereocenters. The summed E-state index contributed by atoms with van der Waals surface area (Å²) in [6.07, 6.45) is 0. The lowest BCUT2D eigenvalue weighted by molar-refractivity contribution is 0.191. The molecule has 0 aromatic carbocycles. The Bertz CT molecular complexity index is 155. The third kappa shape index (κ3) is 8.85. The largest absolute Gasteiger partial charge is 0.316 e. The second-order valence-corrected chi connectivity index (χ2v) is 5.49. The highest BCUT2D eigenvalue weighted by molar-refractivity contribution is 4.75. The first kappa shape index (κ1) is 14.9. The predicted molar refractivity (Wildman–Crippen MR) is 68.4 cm³/mol. The summed E-state index contributed by atoms with van der Waals surface area (Å²) in [5.41, 5.74) is 0.358. The molecule has 0 aliphatic carbocycles. The van der Waals surface area contributed by atoms with E-state index in [0.717, 1.165) is 32.7 Å². The van der Waals surface area contributed by atoms with Crippen LogP contribution in [0.2, 0.25) is 0 Å². The van der Waals surface area contributed by atoms with E-state index in [1.807, 2.05) is 0 Å². The molecule has 0 aromatic heterocycles. The van der Waals surface area contributed by atoms with Crippen molar-refractivity contribution in [1.29, 1.82) is 0 Å². The average molecular weight is 215 g/mol. The molecule has 0 bridgehead atoms. The summed E-state index contributed by atoms with van der Waals surface area (Å²) < 4.78 is 0. The second-order valence-electron chi connectivity index (χ2n) is 5.49. The highest BCUT2D eigenvalue weighted by Gasteiger charge is 2.19. The topological polar surface area (TPSA) is 18.5 Å². The maximum atomic E-state index is 3.42. The molecule has 3 heteroatoms. The first-order valence-electron chi connectivity index (χ1n) is 5.91. The van der Waals surface area contributed by atoms with E-state index in [0.29, 0.717) is 5.41 Å². The van der Waals surface area contributed by atoms with Crippen LogP contribution in [-0.2, 0) is 0 Å². The summed E-state index contributed by atoms with van der Waals surface area (Å²) in [6.45, 7) is 12.4. The van der Waals surface area contributed by atoms with Crippen LogP contribution in [0.25, 0.3) is 0 Å². The molecular weight excluding hydrogens is 186 g/mol. The molecule has 0 aliphatic rings. The van der Waals surface area contributed by atoms with E-state index in [2.05, 4.69) is 57.0 Å². The van der Waals surface area contributed by atoms with E-state index < -0.39 is 0 Å². The van der Waals surface area contributed by atoms with Gasteiger partial charge in [-0.15, -0.1) is 0 Å². The van der Waals surface area contributed by atoms with Crippen molar-refractivity contribution in [1.82, 2.24) is 15.1 Å². The van der Waals surface area contributed by atoms with Crippen LogP contribution in [-0.4, -0.2) is 63.7 Å². The Morgan fingerprint density at radius 1 is 1.07 bits per heavy atom. The van der Waals surface area contributed by atoms with Gasteiger partial charge in [-0.2, -0.15) is 0 Å². The van der Waals surface area contributed by atoms with Gasteiger partial charge in [0.25, 0.3) is 0 Å². The second kappa shape index (κ2) is 7.20. The van der Waals surface area contributed by atoms with Crippen molar-refractivity contribution < 1.29 is 0 Å². The van der Waals surface area contributed by atoms with Gasteiger partial charge in [-0.25, -0.2) is 0 Å². The molecule has 92 valence electrons. The molecule has 0 rings (SSSR count). The quantitative estimate of drug-likeness (QED) is 0.654. The molecular formula is C12H29N3. The molecule has 0 aliphatic heterocycles. The van der Waals surface area contributed by atoms with Gasteiger partial charge in [-0.1, -0.05) is 20.8 Å². The molecule has 0 heterocycles. The molecule has 0 aromatic rings. The maximum Gasteiger partial charge on any atom is 0.0106 e. The SMILES string of the molecule is CCNCC(C)(C)CN(C)CCN(C)C. The van der Waals surface area contributed by atoms with E-state index >= 15 is 0 Å². The summed E-state index contributed by atoms with van der Waals surface area (Å²) in [5.74, 6) is 0. The predicted octanol–water partition coefficient (Wildman–Crippen LogP) is 1.12. The first-order valence-corrected chi connectivity index (χ1v) is 5.91. The minimum absolute atomic E-state index is 0.358. The fourth-order valence-corrected chi connectivity index (χ4v) is 1.70. The van der Waals surface area contributed by atoms with Crippen LogP contribution in [0, 0.1) is 5.41 Å². The molecule has 1 N–H and O–H groups in total. The lowest BCUT2D eigenvalue weighted by atomic mass is 9.93. The molecule has 0 saturated carbocycles. The van der Waals surface area contributed by atoms with Crippen LogP contribution in [0.4, 0.5) is 0 Å². The lowest BCUT2D eigenvalue weighted by Gasteiger charge is -2.31. The van der Waals surface area contributed by atoms with Crippen molar-refractivity contribution in [2.75, 3.05) is 53.9 Å². The van der Waals surface area contributed by atoms with Gasteiger partial charge < -0.3 is 15.1 Å². The number of rotatable bonds is 8. The van der Waals surface area contributed by atoms with Gasteiger partial charge in [0.05, 0.1) is 0 Å². The van der Waals surface area contributed by atoms with Crippen LogP contribution in [0.3, 0.4) is 0 Å². The number of likely N-dealkylation sites (N-methyl/N-ethyl adjacent to an activating group) is 2. The minimum atomic E-state index is 0.358. The van der Waals surface area contributed by atoms with Crippen molar-refractivity contribution in [3.63, 3.8) is 0 Å². The van der Waals surface area contributed by atoms with E-state index in [1.165, 1.54) is 0 Å². The molecule has 0 radical (unpaired) electrons. The maximum absolute atomic E-state index is 3.42. The fraction of sp³-hybridized carbons (Fsp3) is 1.00. The van der Waals surface area contributed by atoms with Crippen molar-refractivity contribution in [2.24, 2.45) is 5.41 Å². The smallest absolute Gasteiger partial charge is 0.0106 e. The molecule has 0 atom stereocenters. The van der Waals surface area contributed by atoms with Gasteiger partial charge in [0.15, 0.2) is 0 Å². The minimum Gasteiger partial charge on any atom is -0.316 e. The Hall–Kier alpha value is -0.120. The zero-order valence-electron chi connectivity index (χ0n) is 11.4. The monoisotopic (exact) mass is 215 g/mol. The van der Waals surface area contributed by atoms with Gasteiger partial charge in [0, 0.05) is 26.2 Å². The Morgan fingerprint density at radius 2 is 1.67 bits per heavy atom. The summed E-state index contributed by atoms with van der Waals surface area (Å²) in [6, 6.07) is 0. The Morgan fingerprint density at radius 3 is 2.13 bits per heavy atom. The molecule has 0 amide bonds. The summed E-state index contributed by atoms with van der Waals surface area (Å²) in [4.78, 5) is 4.64. The first-order chi connectivity index (χ1) is 6.87. The summed E-state index contributed by atoms with van der Waals surface area (Å²) in [5, 5.41) is 3.42. The zero-order valence-corrected chi connectivity index (χ0v) is 11.4. The Labute approximate surface area is 95.8 Å². The van der Waals surface area contributed by atoms with Gasteiger partial charge in [-0.05, 0) is 33.1 Å². The van der Waals surface area contributed by atoms with Gasteiger partial charge in [0.1, 0.15) is 0 Å². The Balaban J connectivity index is 3.76. The van der Waals surface area contributed by atoms with E-state index in [4.69, 9.17) is 0 Å². The summed E-state index contributed by atoms with van der Waals surface area (Å²) >= 11 is 0. The molecule has 0 spiro atoms. The number of nitrogens with one attached hydrogen (secondary N) is 1. The molecule has 0 fully saturated rings. The van der Waals surface area contributed by atoms with E-state index in [-0.39, 0.29) is 0 Å². The van der Waals surface area contributed by atoms with Gasteiger partial charge in [0.2, 0.25) is 0 Å². The van der Waals surface area contributed by atoms with Gasteiger partial charge in [-0.3, -0.25) is 0 Å². The van der Waals surface area contributed by atoms with Crippen LogP contribution >= 0.6 is 0 Å². The van der Waals surface area contributed by atoms with Crippen molar-refractivity contribution in [3.8, 4) is 0 Å². The van der Waals surface area contributed by atoms with Crippen LogP contribution in [0.5, 0.6) is 0 Å². The zero-order chi connectivity index (χ0) is 11.9. The third-order valence-corrected chi connectivity index (χ3v) is 2.48. The fourth-order valence-electron chi connectivity index (χ4n) is 1.70.